The summed E-state index contributed by atoms with van der Waals surface area (Å²) in [6, 6.07) is 4.51. The minimum absolute atomic E-state index is 0.586. The van der Waals surface area contributed by atoms with E-state index in [4.69, 9.17) is 0 Å². The van der Waals surface area contributed by atoms with Gasteiger partial charge in [-0.3, -0.25) is 0 Å². The lowest BCUT2D eigenvalue weighted by molar-refractivity contribution is 0.195. The molecule has 1 heteroatoms. The smallest absolute Gasteiger partial charge is 0.0281 e. The van der Waals surface area contributed by atoms with Crippen molar-refractivity contribution >= 4 is 0 Å². The zero-order chi connectivity index (χ0) is 12.5. The summed E-state index contributed by atoms with van der Waals surface area (Å²) in [6.45, 7) is 10.5. The average Bonchev–Trinajstić information content (AvgIpc) is 2.80. The van der Waals surface area contributed by atoms with Crippen molar-refractivity contribution in [3.05, 3.63) is 23.5 Å². The van der Waals surface area contributed by atoms with Gasteiger partial charge < -0.3 is 4.57 Å². The molecule has 96 valence electrons. The van der Waals surface area contributed by atoms with E-state index in [1.54, 1.807) is 0 Å². The fraction of sp³-hybridized carbons (Fsp3) is 0.750. The van der Waals surface area contributed by atoms with Gasteiger partial charge in [0.25, 0.3) is 0 Å². The molecule has 0 N–H and O–H groups in total. The summed E-state index contributed by atoms with van der Waals surface area (Å²) in [5, 5.41) is 0. The van der Waals surface area contributed by atoms with Crippen LogP contribution in [0.2, 0.25) is 0 Å². The summed E-state index contributed by atoms with van der Waals surface area (Å²) in [4.78, 5) is 0. The molecule has 1 aliphatic rings. The zero-order valence-corrected chi connectivity index (χ0v) is 11.9. The Morgan fingerprint density at radius 1 is 1.12 bits per heavy atom. The molecular weight excluding hydrogens is 206 g/mol. The van der Waals surface area contributed by atoms with Gasteiger partial charge in [0, 0.05) is 17.9 Å². The number of rotatable bonds is 4. The van der Waals surface area contributed by atoms with Crippen molar-refractivity contribution in [2.75, 3.05) is 0 Å². The van der Waals surface area contributed by atoms with Crippen molar-refractivity contribution in [2.45, 2.75) is 66.3 Å². The van der Waals surface area contributed by atoms with E-state index in [1.807, 2.05) is 0 Å². The van der Waals surface area contributed by atoms with Gasteiger partial charge >= 0.3 is 0 Å². The number of hydrogen-bond acceptors (Lipinski definition) is 0. The first-order chi connectivity index (χ1) is 8.02. The van der Waals surface area contributed by atoms with E-state index >= 15 is 0 Å². The topological polar surface area (TPSA) is 4.93 Å². The van der Waals surface area contributed by atoms with Crippen molar-refractivity contribution in [1.82, 2.24) is 4.57 Å². The second kappa shape index (κ2) is 4.88. The van der Waals surface area contributed by atoms with Gasteiger partial charge in [-0.15, -0.1) is 0 Å². The zero-order valence-electron chi connectivity index (χ0n) is 11.9. The predicted molar refractivity (Wildman–Crippen MR) is 74.3 cm³/mol. The van der Waals surface area contributed by atoms with Crippen molar-refractivity contribution in [3.63, 3.8) is 0 Å². The monoisotopic (exact) mass is 233 g/mol. The summed E-state index contributed by atoms with van der Waals surface area (Å²) in [5.41, 5.74) is 3.44. The Bertz CT molecular complexity index is 347. The van der Waals surface area contributed by atoms with Gasteiger partial charge in [-0.1, -0.05) is 26.7 Å². The first-order valence-corrected chi connectivity index (χ1v) is 7.15. The number of aryl methyl sites for hydroxylation is 2. The molecule has 2 rings (SSSR count). The maximum absolute atomic E-state index is 2.54. The molecular formula is C16H27N. The van der Waals surface area contributed by atoms with Crippen molar-refractivity contribution in [3.8, 4) is 0 Å². The predicted octanol–water partition coefficient (Wildman–Crippen LogP) is 4.71. The lowest BCUT2D eigenvalue weighted by Gasteiger charge is -2.32. The van der Waals surface area contributed by atoms with Gasteiger partial charge in [0.1, 0.15) is 0 Å². The highest BCUT2D eigenvalue weighted by molar-refractivity contribution is 5.14. The molecule has 0 unspecified atom stereocenters. The van der Waals surface area contributed by atoms with E-state index < -0.39 is 0 Å². The Hall–Kier alpha value is -0.720. The highest BCUT2D eigenvalue weighted by atomic mass is 15.0. The molecule has 0 atom stereocenters. The second-order valence-corrected chi connectivity index (χ2v) is 6.51. The summed E-state index contributed by atoms with van der Waals surface area (Å²) in [5.74, 6) is 0.823. The van der Waals surface area contributed by atoms with Crippen LogP contribution in [0.1, 0.15) is 57.3 Å². The van der Waals surface area contributed by atoms with Crippen molar-refractivity contribution in [2.24, 2.45) is 11.3 Å². The molecule has 17 heavy (non-hydrogen) atoms. The Morgan fingerprint density at radius 3 is 2.12 bits per heavy atom. The molecule has 1 fully saturated rings. The Balaban J connectivity index is 2.18. The van der Waals surface area contributed by atoms with Crippen molar-refractivity contribution < 1.29 is 0 Å². The van der Waals surface area contributed by atoms with Crippen LogP contribution in [0.25, 0.3) is 0 Å². The Labute approximate surface area is 106 Å². The van der Waals surface area contributed by atoms with Crippen LogP contribution in [-0.4, -0.2) is 4.57 Å². The van der Waals surface area contributed by atoms with Gasteiger partial charge in [0.05, 0.1) is 0 Å². The van der Waals surface area contributed by atoms with Crippen LogP contribution in [0, 0.1) is 25.2 Å². The summed E-state index contributed by atoms with van der Waals surface area (Å²) < 4.78 is 2.54. The molecule has 1 aliphatic carbocycles. The van der Waals surface area contributed by atoms with E-state index in [0.717, 1.165) is 5.92 Å². The molecule has 0 spiro atoms. The van der Waals surface area contributed by atoms with Gasteiger partial charge in [-0.05, 0) is 56.6 Å². The van der Waals surface area contributed by atoms with Gasteiger partial charge in [-0.25, -0.2) is 0 Å². The Morgan fingerprint density at radius 2 is 1.65 bits per heavy atom. The molecule has 0 saturated heterocycles. The van der Waals surface area contributed by atoms with Crippen LogP contribution in [0.5, 0.6) is 0 Å². The maximum atomic E-state index is 2.54. The van der Waals surface area contributed by atoms with Gasteiger partial charge in [-0.2, -0.15) is 0 Å². The van der Waals surface area contributed by atoms with E-state index in [9.17, 15) is 0 Å². The van der Waals surface area contributed by atoms with Gasteiger partial charge in [0.15, 0.2) is 0 Å². The maximum Gasteiger partial charge on any atom is 0.0281 e. The van der Waals surface area contributed by atoms with Crippen LogP contribution >= 0.6 is 0 Å². The minimum atomic E-state index is 0.586. The van der Waals surface area contributed by atoms with E-state index in [2.05, 4.69) is 44.4 Å². The minimum Gasteiger partial charge on any atom is -0.349 e. The van der Waals surface area contributed by atoms with Crippen LogP contribution in [0.3, 0.4) is 0 Å². The molecule has 0 aliphatic heterocycles. The molecule has 1 aromatic heterocycles. The molecule has 1 heterocycles. The quantitative estimate of drug-likeness (QED) is 0.709. The third-order valence-electron chi connectivity index (χ3n) is 4.42. The fourth-order valence-corrected chi connectivity index (χ4v) is 3.70. The van der Waals surface area contributed by atoms with Crippen LogP contribution in [0.15, 0.2) is 12.1 Å². The summed E-state index contributed by atoms with van der Waals surface area (Å²) >= 11 is 0. The number of hydrogen-bond donors (Lipinski definition) is 0. The van der Waals surface area contributed by atoms with Crippen molar-refractivity contribution in [1.29, 1.82) is 0 Å². The molecule has 0 amide bonds. The normalized spacial score (nSPS) is 19.1. The van der Waals surface area contributed by atoms with E-state index in [1.165, 1.54) is 50.0 Å². The third-order valence-corrected chi connectivity index (χ3v) is 4.42. The van der Waals surface area contributed by atoms with Crippen LogP contribution < -0.4 is 0 Å². The average molecular weight is 233 g/mol. The Kier molecular flexibility index (Phi) is 3.65. The van der Waals surface area contributed by atoms with Gasteiger partial charge in [0.2, 0.25) is 0 Å². The lowest BCUT2D eigenvalue weighted by Crippen LogP contribution is -2.26. The summed E-state index contributed by atoms with van der Waals surface area (Å²) in [7, 11) is 0. The largest absolute Gasteiger partial charge is 0.349 e. The number of nitrogens with zero attached hydrogens (tertiary/aromatic N) is 1. The van der Waals surface area contributed by atoms with Crippen LogP contribution in [-0.2, 0) is 6.54 Å². The highest BCUT2D eigenvalue weighted by Crippen LogP contribution is 2.44. The molecule has 1 aromatic rings. The second-order valence-electron chi connectivity index (χ2n) is 6.51. The first-order valence-electron chi connectivity index (χ1n) is 7.15. The summed E-state index contributed by atoms with van der Waals surface area (Å²) in [6.07, 6.45) is 7.13. The fourth-order valence-electron chi connectivity index (χ4n) is 3.70. The molecule has 0 radical (unpaired) electrons. The number of aromatic nitrogens is 1. The van der Waals surface area contributed by atoms with Crippen LogP contribution in [0.4, 0.5) is 0 Å². The lowest BCUT2D eigenvalue weighted by atomic mass is 9.78. The highest BCUT2D eigenvalue weighted by Gasteiger charge is 2.35. The standard InChI is InChI=1S/C16H27N/c1-13(2)11-16(9-5-6-10-16)12-17-14(3)7-8-15(17)4/h7-8,13H,5-6,9-12H2,1-4H3. The van der Waals surface area contributed by atoms with E-state index in [-0.39, 0.29) is 0 Å². The first kappa shape index (κ1) is 12.7. The third kappa shape index (κ3) is 2.75. The molecule has 1 nitrogen and oxygen atoms in total. The van der Waals surface area contributed by atoms with E-state index in [0.29, 0.717) is 5.41 Å². The molecule has 1 saturated carbocycles. The SMILES string of the molecule is Cc1ccc(C)n1CC1(CC(C)C)CCCC1. The molecule has 0 bridgehead atoms. The molecule has 0 aromatic carbocycles.